The van der Waals surface area contributed by atoms with E-state index in [2.05, 4.69) is 5.32 Å². The number of nitrogens with one attached hydrogen (secondary N) is 1. The van der Waals surface area contributed by atoms with Crippen molar-refractivity contribution in [2.75, 3.05) is 45.5 Å². The fourth-order valence-corrected chi connectivity index (χ4v) is 7.06. The number of aliphatic hydroxyl groups is 1. The lowest BCUT2D eigenvalue weighted by atomic mass is 9.68. The van der Waals surface area contributed by atoms with E-state index in [9.17, 15) is 19.1 Å². The Morgan fingerprint density at radius 1 is 1.05 bits per heavy atom. The zero-order valence-electron chi connectivity index (χ0n) is 24.5. The first-order chi connectivity index (χ1) is 21.3. The van der Waals surface area contributed by atoms with Crippen molar-refractivity contribution in [3.63, 3.8) is 0 Å². The van der Waals surface area contributed by atoms with E-state index >= 15 is 0 Å². The topological polar surface area (TPSA) is 106 Å². The molecule has 11 heteroatoms. The standard InChI is InChI=1S/C33H33FN4O6/c1-36-25-16-23(42-2)8-9-24(25)29-30(36)26(17-39)38(32(41)35-22-6-4-21(34)5-7-22)18-33(29)11-13-37(14-12-33)31(40)20-3-10-27-28(15-20)44-19-43-27/h3-10,15-16,26,39H,11-14,17-19H2,1-2H3,(H,35,41)/t26-/m1/s1. The highest BCUT2D eigenvalue weighted by Crippen LogP contribution is 2.50. The quantitative estimate of drug-likeness (QED) is 0.349. The molecule has 4 heterocycles. The fraction of sp³-hybridized carbons (Fsp3) is 0.333. The lowest BCUT2D eigenvalue weighted by Gasteiger charge is -2.50. The molecular weight excluding hydrogens is 567 g/mol. The summed E-state index contributed by atoms with van der Waals surface area (Å²) < 4.78 is 32.0. The molecule has 1 aromatic heterocycles. The predicted octanol–water partition coefficient (Wildman–Crippen LogP) is 4.81. The van der Waals surface area contributed by atoms with Crippen LogP contribution in [0.1, 0.15) is 40.5 Å². The Hall–Kier alpha value is -4.77. The number of aryl methyl sites for hydroxylation is 1. The molecular formula is C33H33FN4O6. The first-order valence-corrected chi connectivity index (χ1v) is 14.6. The number of ether oxygens (including phenoxy) is 3. The molecule has 1 atom stereocenters. The molecule has 44 heavy (non-hydrogen) atoms. The fourth-order valence-electron chi connectivity index (χ4n) is 7.06. The van der Waals surface area contributed by atoms with Gasteiger partial charge in [0, 0.05) is 60.5 Å². The molecule has 0 radical (unpaired) electrons. The molecule has 0 aliphatic carbocycles. The van der Waals surface area contributed by atoms with Gasteiger partial charge in [0.05, 0.1) is 25.3 Å². The molecule has 1 fully saturated rings. The lowest BCUT2D eigenvalue weighted by Crippen LogP contribution is -2.56. The Balaban J connectivity index is 1.25. The number of amides is 3. The number of urea groups is 1. The molecule has 10 nitrogen and oxygen atoms in total. The van der Waals surface area contributed by atoms with Crippen LogP contribution in [0, 0.1) is 5.82 Å². The summed E-state index contributed by atoms with van der Waals surface area (Å²) in [6.45, 7) is 1.16. The molecule has 0 bridgehead atoms. The highest BCUT2D eigenvalue weighted by molar-refractivity contribution is 5.95. The van der Waals surface area contributed by atoms with Crippen LogP contribution in [0.4, 0.5) is 14.9 Å². The molecule has 1 saturated heterocycles. The van der Waals surface area contributed by atoms with E-state index < -0.39 is 17.3 Å². The maximum atomic E-state index is 13.8. The minimum atomic E-state index is -0.618. The van der Waals surface area contributed by atoms with Crippen LogP contribution in [0.15, 0.2) is 60.7 Å². The summed E-state index contributed by atoms with van der Waals surface area (Å²) in [6.07, 6.45) is 1.22. The first-order valence-electron chi connectivity index (χ1n) is 14.6. The highest BCUT2D eigenvalue weighted by Gasteiger charge is 2.50. The maximum absolute atomic E-state index is 13.8. The number of hydrogen-bond donors (Lipinski definition) is 2. The van der Waals surface area contributed by atoms with Crippen molar-refractivity contribution >= 4 is 28.5 Å². The Kier molecular flexibility index (Phi) is 6.84. The number of hydrogen-bond acceptors (Lipinski definition) is 6. The van der Waals surface area contributed by atoms with Crippen LogP contribution in [-0.4, -0.2) is 71.6 Å². The monoisotopic (exact) mass is 600 g/mol. The maximum Gasteiger partial charge on any atom is 0.322 e. The van der Waals surface area contributed by atoms with Gasteiger partial charge in [-0.25, -0.2) is 9.18 Å². The molecule has 3 amide bonds. The van der Waals surface area contributed by atoms with Gasteiger partial charge >= 0.3 is 6.03 Å². The summed E-state index contributed by atoms with van der Waals surface area (Å²) in [5, 5.41) is 14.7. The normalized spacial score (nSPS) is 18.4. The Labute approximate surface area is 253 Å². The molecule has 2 N–H and O–H groups in total. The average Bonchev–Trinajstić information content (AvgIpc) is 3.64. The van der Waals surface area contributed by atoms with E-state index in [-0.39, 0.29) is 25.3 Å². The number of fused-ring (bicyclic) bond motifs is 5. The van der Waals surface area contributed by atoms with Crippen LogP contribution in [0.5, 0.6) is 17.2 Å². The summed E-state index contributed by atoms with van der Waals surface area (Å²) in [5.41, 5.74) is 3.39. The summed E-state index contributed by atoms with van der Waals surface area (Å²) in [6, 6.07) is 15.8. The number of aliphatic hydroxyl groups excluding tert-OH is 1. The van der Waals surface area contributed by atoms with Crippen LogP contribution in [0.25, 0.3) is 10.9 Å². The molecule has 3 aliphatic rings. The van der Waals surface area contributed by atoms with E-state index in [1.165, 1.54) is 24.3 Å². The number of aromatic nitrogens is 1. The van der Waals surface area contributed by atoms with Crippen molar-refractivity contribution in [1.82, 2.24) is 14.4 Å². The largest absolute Gasteiger partial charge is 0.497 e. The molecule has 228 valence electrons. The van der Waals surface area contributed by atoms with Gasteiger partial charge in [0.15, 0.2) is 11.5 Å². The number of nitrogens with zero attached hydrogens (tertiary/aromatic N) is 3. The van der Waals surface area contributed by atoms with Gasteiger partial charge in [-0.15, -0.1) is 0 Å². The van der Waals surface area contributed by atoms with E-state index in [0.29, 0.717) is 61.0 Å². The summed E-state index contributed by atoms with van der Waals surface area (Å²) in [4.78, 5) is 30.9. The summed E-state index contributed by atoms with van der Waals surface area (Å²) in [5.74, 6) is 1.41. The van der Waals surface area contributed by atoms with Gasteiger partial charge in [0.2, 0.25) is 6.79 Å². The number of methoxy groups -OCH3 is 1. The second kappa shape index (κ2) is 10.7. The van der Waals surface area contributed by atoms with Gasteiger partial charge in [-0.1, -0.05) is 0 Å². The number of benzene rings is 3. The van der Waals surface area contributed by atoms with Crippen LogP contribution >= 0.6 is 0 Å². The van der Waals surface area contributed by atoms with Crippen molar-refractivity contribution in [1.29, 1.82) is 0 Å². The second-order valence-corrected chi connectivity index (χ2v) is 11.6. The number of anilines is 1. The Morgan fingerprint density at radius 3 is 2.52 bits per heavy atom. The molecule has 7 rings (SSSR count). The lowest BCUT2D eigenvalue weighted by molar-refractivity contribution is 0.0537. The van der Waals surface area contributed by atoms with Crippen molar-refractivity contribution in [2.24, 2.45) is 7.05 Å². The predicted molar refractivity (Wildman–Crippen MR) is 161 cm³/mol. The van der Waals surface area contributed by atoms with Gasteiger partial charge in [-0.2, -0.15) is 0 Å². The van der Waals surface area contributed by atoms with Crippen LogP contribution in [-0.2, 0) is 12.5 Å². The minimum Gasteiger partial charge on any atom is -0.497 e. The van der Waals surface area contributed by atoms with E-state index in [1.54, 1.807) is 30.2 Å². The summed E-state index contributed by atoms with van der Waals surface area (Å²) in [7, 11) is 3.56. The van der Waals surface area contributed by atoms with Crippen LogP contribution in [0.3, 0.4) is 0 Å². The third-order valence-electron chi connectivity index (χ3n) is 9.30. The molecule has 1 spiro atoms. The highest BCUT2D eigenvalue weighted by atomic mass is 19.1. The molecule has 0 saturated carbocycles. The smallest absolute Gasteiger partial charge is 0.322 e. The van der Waals surface area contributed by atoms with Crippen molar-refractivity contribution in [2.45, 2.75) is 24.3 Å². The van der Waals surface area contributed by atoms with Crippen LogP contribution in [0.2, 0.25) is 0 Å². The zero-order chi connectivity index (χ0) is 30.6. The molecule has 3 aromatic carbocycles. The van der Waals surface area contributed by atoms with E-state index in [0.717, 1.165) is 22.2 Å². The van der Waals surface area contributed by atoms with Gasteiger partial charge in [-0.3, -0.25) is 4.79 Å². The van der Waals surface area contributed by atoms with Gasteiger partial charge in [-0.05, 0) is 73.0 Å². The van der Waals surface area contributed by atoms with Gasteiger partial charge < -0.3 is 39.0 Å². The second-order valence-electron chi connectivity index (χ2n) is 11.6. The molecule has 0 unspecified atom stereocenters. The number of carbonyl (C=O) groups is 2. The van der Waals surface area contributed by atoms with Crippen molar-refractivity contribution in [3.8, 4) is 17.2 Å². The number of rotatable bonds is 4. The van der Waals surface area contributed by atoms with E-state index in [4.69, 9.17) is 14.2 Å². The Morgan fingerprint density at radius 2 is 1.80 bits per heavy atom. The number of carbonyl (C=O) groups excluding carboxylic acids is 2. The third-order valence-corrected chi connectivity index (χ3v) is 9.30. The molecule has 4 aromatic rings. The Bertz CT molecular complexity index is 1760. The van der Waals surface area contributed by atoms with Crippen LogP contribution < -0.4 is 19.5 Å². The number of halogens is 1. The minimum absolute atomic E-state index is 0.0871. The SMILES string of the molecule is COc1ccc2c3c(n(C)c2c1)[C@@H](CO)N(C(=O)Nc1ccc(F)cc1)CC31CCN(C(=O)c2ccc3c(c2)OCO3)CC1. The summed E-state index contributed by atoms with van der Waals surface area (Å²) >= 11 is 0. The van der Waals surface area contributed by atoms with Gasteiger partial charge in [0.25, 0.3) is 5.91 Å². The zero-order valence-corrected chi connectivity index (χ0v) is 24.5. The third kappa shape index (κ3) is 4.50. The first kappa shape index (κ1) is 28.0. The molecule has 3 aliphatic heterocycles. The van der Waals surface area contributed by atoms with Crippen molar-refractivity contribution < 1.29 is 33.3 Å². The number of piperidine rings is 1. The van der Waals surface area contributed by atoms with Gasteiger partial charge in [0.1, 0.15) is 11.6 Å². The number of likely N-dealkylation sites (tertiary alicyclic amines) is 1. The van der Waals surface area contributed by atoms with E-state index in [1.807, 2.05) is 34.7 Å². The van der Waals surface area contributed by atoms with Crippen molar-refractivity contribution in [3.05, 3.63) is 83.3 Å². The average molecular weight is 601 g/mol.